The van der Waals surface area contributed by atoms with E-state index in [9.17, 15) is 19.2 Å². The van der Waals surface area contributed by atoms with Crippen molar-refractivity contribution in [3.8, 4) is 6.07 Å². The van der Waals surface area contributed by atoms with Crippen LogP contribution in [0.5, 0.6) is 0 Å². The molecule has 2 fully saturated rings. The van der Waals surface area contributed by atoms with Crippen molar-refractivity contribution in [2.75, 3.05) is 19.9 Å². The summed E-state index contributed by atoms with van der Waals surface area (Å²) in [5.41, 5.74) is 0.278. The molecule has 2 heterocycles. The molecular weight excluding hydrogens is 505 g/mol. The van der Waals surface area contributed by atoms with Crippen molar-refractivity contribution < 1.29 is 18.7 Å². The van der Waals surface area contributed by atoms with Gasteiger partial charge in [0.15, 0.2) is 5.82 Å². The summed E-state index contributed by atoms with van der Waals surface area (Å²) >= 11 is 3.34. The molecule has 0 spiro atoms. The van der Waals surface area contributed by atoms with Crippen LogP contribution in [0.1, 0.15) is 49.0 Å². The van der Waals surface area contributed by atoms with Gasteiger partial charge in [0.2, 0.25) is 5.91 Å². The fourth-order valence-electron chi connectivity index (χ4n) is 4.35. The first-order valence-corrected chi connectivity index (χ1v) is 12.5. The minimum absolute atomic E-state index is 0.170. The standard InChI is InChI=1S/C24H29BrFN5O3/c25-16-5-6-18-19(10-16)30-22(21(18)26)24(33)31-20(9-14-3-4-14)23(32)29-17(11-27)8-15-2-1-7-28-13-34-12-15/h5-6,10,14-15,17,20,28,30H,1-4,7-9,12-13H2,(H,29,32)(H,31,33)/t15-,17-,20-/m0/s1. The van der Waals surface area contributed by atoms with Gasteiger partial charge in [-0.2, -0.15) is 5.26 Å². The molecule has 34 heavy (non-hydrogen) atoms. The van der Waals surface area contributed by atoms with Crippen molar-refractivity contribution in [2.45, 2.75) is 50.6 Å². The SMILES string of the molecule is N#C[C@H](C[C@@H]1CCCNCOC1)NC(=O)[C@H](CC1CC1)NC(=O)c1[nH]c2cc(Br)ccc2c1F. The molecule has 4 N–H and O–H groups in total. The highest BCUT2D eigenvalue weighted by Gasteiger charge is 2.33. The maximum absolute atomic E-state index is 14.9. The fourth-order valence-corrected chi connectivity index (χ4v) is 4.71. The highest BCUT2D eigenvalue weighted by Crippen LogP contribution is 2.34. The second-order valence-electron chi connectivity index (χ2n) is 9.16. The van der Waals surface area contributed by atoms with E-state index < -0.39 is 29.7 Å². The number of aromatic nitrogens is 1. The molecule has 182 valence electrons. The predicted molar refractivity (Wildman–Crippen MR) is 128 cm³/mol. The molecule has 2 aliphatic rings. The average molecular weight is 534 g/mol. The van der Waals surface area contributed by atoms with Crippen molar-refractivity contribution >= 4 is 38.6 Å². The lowest BCUT2D eigenvalue weighted by atomic mass is 9.95. The molecule has 2 amide bonds. The van der Waals surface area contributed by atoms with E-state index in [4.69, 9.17) is 4.74 Å². The van der Waals surface area contributed by atoms with Crippen LogP contribution in [0.15, 0.2) is 22.7 Å². The monoisotopic (exact) mass is 533 g/mol. The number of halogens is 2. The minimum atomic E-state index is -0.841. The molecular formula is C24H29BrFN5O3. The van der Waals surface area contributed by atoms with Crippen molar-refractivity contribution in [3.05, 3.63) is 34.2 Å². The van der Waals surface area contributed by atoms with Gasteiger partial charge in [-0.1, -0.05) is 28.8 Å². The fraction of sp³-hybridized carbons (Fsp3) is 0.542. The lowest BCUT2D eigenvalue weighted by Gasteiger charge is -2.24. The number of nitrogens with one attached hydrogen (secondary N) is 4. The number of nitriles is 1. The first kappa shape index (κ1) is 24.6. The van der Waals surface area contributed by atoms with Crippen LogP contribution in [0.25, 0.3) is 10.9 Å². The van der Waals surface area contributed by atoms with Crippen molar-refractivity contribution in [1.29, 1.82) is 5.26 Å². The van der Waals surface area contributed by atoms with Crippen molar-refractivity contribution in [2.24, 2.45) is 11.8 Å². The third-order valence-electron chi connectivity index (χ3n) is 6.38. The summed E-state index contributed by atoms with van der Waals surface area (Å²) in [5.74, 6) is -1.24. The van der Waals surface area contributed by atoms with Crippen LogP contribution in [0.3, 0.4) is 0 Å². The molecule has 0 unspecified atom stereocenters. The Labute approximate surface area is 206 Å². The lowest BCUT2D eigenvalue weighted by Crippen LogP contribution is -2.50. The van der Waals surface area contributed by atoms with E-state index in [1.165, 1.54) is 0 Å². The van der Waals surface area contributed by atoms with Gasteiger partial charge in [-0.25, -0.2) is 4.39 Å². The Balaban J connectivity index is 1.42. The summed E-state index contributed by atoms with van der Waals surface area (Å²) in [4.78, 5) is 28.8. The number of nitrogens with zero attached hydrogens (tertiary/aromatic N) is 1. The van der Waals surface area contributed by atoms with Gasteiger partial charge in [0.1, 0.15) is 17.8 Å². The van der Waals surface area contributed by atoms with E-state index in [1.807, 2.05) is 0 Å². The van der Waals surface area contributed by atoms with E-state index >= 15 is 0 Å². The minimum Gasteiger partial charge on any atom is -0.366 e. The molecule has 2 aromatic rings. The Kier molecular flexibility index (Phi) is 8.19. The largest absolute Gasteiger partial charge is 0.366 e. The van der Waals surface area contributed by atoms with Gasteiger partial charge in [0, 0.05) is 9.86 Å². The Morgan fingerprint density at radius 1 is 1.24 bits per heavy atom. The van der Waals surface area contributed by atoms with Crippen LogP contribution >= 0.6 is 15.9 Å². The zero-order chi connectivity index (χ0) is 24.1. The molecule has 1 aromatic heterocycles. The van der Waals surface area contributed by atoms with Gasteiger partial charge < -0.3 is 20.4 Å². The number of hydrogen-bond donors (Lipinski definition) is 4. The molecule has 1 aromatic carbocycles. The highest BCUT2D eigenvalue weighted by molar-refractivity contribution is 9.10. The van der Waals surface area contributed by atoms with Gasteiger partial charge in [0.25, 0.3) is 5.91 Å². The molecule has 1 saturated carbocycles. The predicted octanol–water partition coefficient (Wildman–Crippen LogP) is 3.34. The van der Waals surface area contributed by atoms with Crippen LogP contribution in [-0.2, 0) is 9.53 Å². The van der Waals surface area contributed by atoms with Crippen LogP contribution in [-0.4, -0.2) is 48.8 Å². The van der Waals surface area contributed by atoms with E-state index in [0.29, 0.717) is 43.0 Å². The van der Waals surface area contributed by atoms with Crippen molar-refractivity contribution in [1.82, 2.24) is 20.9 Å². The molecule has 4 rings (SSSR count). The van der Waals surface area contributed by atoms with Crippen LogP contribution in [0.2, 0.25) is 0 Å². The zero-order valence-electron chi connectivity index (χ0n) is 18.8. The topological polar surface area (TPSA) is 119 Å². The van der Waals surface area contributed by atoms with Gasteiger partial charge >= 0.3 is 0 Å². The highest BCUT2D eigenvalue weighted by atomic mass is 79.9. The molecule has 0 bridgehead atoms. The first-order chi connectivity index (χ1) is 16.4. The maximum Gasteiger partial charge on any atom is 0.271 e. The summed E-state index contributed by atoms with van der Waals surface area (Å²) in [6, 6.07) is 5.62. The summed E-state index contributed by atoms with van der Waals surface area (Å²) in [5, 5.41) is 18.6. The maximum atomic E-state index is 14.9. The second kappa shape index (κ2) is 11.3. The smallest absolute Gasteiger partial charge is 0.271 e. The molecule has 1 aliphatic heterocycles. The number of carbonyl (C=O) groups excluding carboxylic acids is 2. The molecule has 3 atom stereocenters. The number of rotatable bonds is 8. The van der Waals surface area contributed by atoms with Gasteiger partial charge in [-0.05, 0) is 62.3 Å². The molecule has 1 saturated heterocycles. The number of fused-ring (bicyclic) bond motifs is 1. The quantitative estimate of drug-likeness (QED) is 0.414. The Morgan fingerprint density at radius 2 is 2.06 bits per heavy atom. The number of amides is 2. The summed E-state index contributed by atoms with van der Waals surface area (Å²) in [6.07, 6.45) is 4.80. The summed E-state index contributed by atoms with van der Waals surface area (Å²) in [7, 11) is 0. The number of benzene rings is 1. The third kappa shape index (κ3) is 6.34. The molecule has 8 nitrogen and oxygen atoms in total. The van der Waals surface area contributed by atoms with Crippen LogP contribution in [0.4, 0.5) is 4.39 Å². The summed E-state index contributed by atoms with van der Waals surface area (Å²) in [6.45, 7) is 1.87. The molecule has 0 radical (unpaired) electrons. The van der Waals surface area contributed by atoms with Gasteiger partial charge in [-0.15, -0.1) is 0 Å². The van der Waals surface area contributed by atoms with E-state index in [0.717, 1.165) is 36.7 Å². The van der Waals surface area contributed by atoms with Crippen LogP contribution < -0.4 is 16.0 Å². The number of carbonyl (C=O) groups is 2. The lowest BCUT2D eigenvalue weighted by molar-refractivity contribution is -0.123. The zero-order valence-corrected chi connectivity index (χ0v) is 20.4. The van der Waals surface area contributed by atoms with Gasteiger partial charge in [-0.3, -0.25) is 14.9 Å². The van der Waals surface area contributed by atoms with E-state index in [2.05, 4.69) is 42.9 Å². The first-order valence-electron chi connectivity index (χ1n) is 11.7. The third-order valence-corrected chi connectivity index (χ3v) is 6.87. The van der Waals surface area contributed by atoms with Gasteiger partial charge in [0.05, 0.1) is 24.9 Å². The Bertz CT molecular complexity index is 1070. The van der Waals surface area contributed by atoms with Crippen LogP contribution in [0, 0.1) is 29.0 Å². The number of aromatic amines is 1. The Morgan fingerprint density at radius 3 is 2.82 bits per heavy atom. The van der Waals surface area contributed by atoms with Crippen molar-refractivity contribution in [3.63, 3.8) is 0 Å². The summed E-state index contributed by atoms with van der Waals surface area (Å²) < 4.78 is 21.2. The molecule has 1 aliphatic carbocycles. The Hall–Kier alpha value is -2.48. The number of ether oxygens (including phenoxy) is 1. The van der Waals surface area contributed by atoms with E-state index in [1.54, 1.807) is 18.2 Å². The number of hydrogen-bond acceptors (Lipinski definition) is 5. The molecule has 10 heteroatoms. The average Bonchev–Trinajstić information content (AvgIpc) is 3.55. The normalized spacial score (nSPS) is 20.6. The second-order valence-corrected chi connectivity index (χ2v) is 10.1. The number of H-pyrrole nitrogens is 1. The van der Waals surface area contributed by atoms with E-state index in [-0.39, 0.29) is 11.6 Å².